The normalized spacial score (nSPS) is 11.8. The van der Waals surface area contributed by atoms with E-state index in [9.17, 15) is 0 Å². The van der Waals surface area contributed by atoms with Crippen molar-refractivity contribution < 1.29 is 0 Å². The first-order chi connectivity index (χ1) is 26.2. The third-order valence-corrected chi connectivity index (χ3v) is 13.2. The second-order valence-electron chi connectivity index (χ2n) is 13.0. The minimum atomic E-state index is 0.212. The van der Waals surface area contributed by atoms with Crippen LogP contribution < -0.4 is 4.90 Å². The van der Waals surface area contributed by atoms with E-state index in [1.54, 1.807) is 0 Å². The number of para-hydroxylation sites is 2. The van der Waals surface area contributed by atoms with E-state index in [2.05, 4.69) is 211 Å². The lowest BCUT2D eigenvalue weighted by Gasteiger charge is -2.25. The first-order valence-corrected chi connectivity index (χ1v) is 20.2. The van der Waals surface area contributed by atoms with Crippen molar-refractivity contribution in [2.24, 2.45) is 0 Å². The first-order valence-electron chi connectivity index (χ1n) is 17.8. The van der Waals surface area contributed by atoms with Crippen LogP contribution in [-0.2, 0) is 0 Å². The van der Waals surface area contributed by atoms with Crippen molar-refractivity contribution in [1.82, 2.24) is 0 Å². The highest BCUT2D eigenvalue weighted by molar-refractivity contribution is 7.38. The van der Waals surface area contributed by atoms with Crippen LogP contribution in [0.3, 0.4) is 0 Å². The molecule has 0 radical (unpaired) electrons. The van der Waals surface area contributed by atoms with Gasteiger partial charge in [0.15, 0.2) is 0 Å². The Morgan fingerprint density at radius 3 is 1.19 bits per heavy atom. The molecule has 0 aliphatic carbocycles. The van der Waals surface area contributed by atoms with Gasteiger partial charge in [-0.05, 0) is 88.5 Å². The number of hydrogen-bond donors (Lipinski definition) is 0. The van der Waals surface area contributed by atoms with Gasteiger partial charge in [0.05, 0.1) is 9.40 Å². The molecule has 0 saturated carbocycles. The Balaban J connectivity index is 0.907. The Hall–Kier alpha value is -5.78. The maximum atomic E-state index is 2.34. The van der Waals surface area contributed by atoms with Gasteiger partial charge in [-0.3, -0.25) is 0 Å². The fourth-order valence-electron chi connectivity index (χ4n) is 6.90. The van der Waals surface area contributed by atoms with Gasteiger partial charge in [-0.25, -0.2) is 0 Å². The highest BCUT2D eigenvalue weighted by Crippen LogP contribution is 2.44. The van der Waals surface area contributed by atoms with Crippen LogP contribution in [0.15, 0.2) is 182 Å². The van der Waals surface area contributed by atoms with Crippen LogP contribution in [0.4, 0.5) is 17.1 Å². The Kier molecular flexibility index (Phi) is 9.40. The smallest absolute Gasteiger partial charge is 0.0635 e. The second kappa shape index (κ2) is 15.1. The molecule has 3 aromatic heterocycles. The summed E-state index contributed by atoms with van der Waals surface area (Å²) in [6.07, 6.45) is 8.98. The number of thiophene rings is 3. The summed E-state index contributed by atoms with van der Waals surface area (Å²) >= 11 is 5.67. The molecular weight excluding hydrogens is 699 g/mol. The van der Waals surface area contributed by atoms with E-state index in [0.717, 1.165) is 17.1 Å². The molecule has 9 rings (SSSR count). The molecule has 0 unspecified atom stereocenters. The lowest BCUT2D eigenvalue weighted by atomic mass is 9.85. The molecule has 4 heteroatoms. The minimum absolute atomic E-state index is 0.212. The monoisotopic (exact) mass is 733 g/mol. The molecule has 0 saturated heterocycles. The van der Waals surface area contributed by atoms with E-state index in [-0.39, 0.29) is 5.92 Å². The van der Waals surface area contributed by atoms with E-state index in [1.165, 1.54) is 56.4 Å². The summed E-state index contributed by atoms with van der Waals surface area (Å²) in [7, 11) is 0. The molecule has 0 N–H and O–H groups in total. The predicted molar refractivity (Wildman–Crippen MR) is 234 cm³/mol. The molecule has 1 nitrogen and oxygen atoms in total. The average Bonchev–Trinajstić information content (AvgIpc) is 3.90. The molecule has 0 atom stereocenters. The third kappa shape index (κ3) is 7.18. The molecule has 53 heavy (non-hydrogen) atoms. The Morgan fingerprint density at radius 2 is 0.736 bits per heavy atom. The molecule has 0 spiro atoms. The maximum Gasteiger partial charge on any atom is 0.0635 e. The lowest BCUT2D eigenvalue weighted by Crippen LogP contribution is -2.09. The summed E-state index contributed by atoms with van der Waals surface area (Å²) in [6, 6.07) is 65.2. The Bertz CT molecular complexity index is 2370. The SMILES string of the molecule is C(=C\c1cc2sc3cc(/C=C/c4ccc(N(c5ccccc5)c5ccccc5)cc4)sc3c2s1)/c1ccc(C(c2ccccc2)c2ccccc2)cc1. The quantitative estimate of drug-likeness (QED) is 0.127. The van der Waals surface area contributed by atoms with Crippen LogP contribution in [0.1, 0.15) is 43.5 Å². The summed E-state index contributed by atoms with van der Waals surface area (Å²) in [6.45, 7) is 0. The zero-order valence-electron chi connectivity index (χ0n) is 28.9. The van der Waals surface area contributed by atoms with Crippen molar-refractivity contribution in [3.63, 3.8) is 0 Å². The summed E-state index contributed by atoms with van der Waals surface area (Å²) < 4.78 is 5.52. The van der Waals surface area contributed by atoms with Crippen molar-refractivity contribution in [2.45, 2.75) is 5.92 Å². The van der Waals surface area contributed by atoms with Crippen LogP contribution in [0.2, 0.25) is 0 Å². The number of anilines is 3. The van der Waals surface area contributed by atoms with E-state index >= 15 is 0 Å². The maximum absolute atomic E-state index is 2.34. The molecule has 254 valence electrons. The van der Waals surface area contributed by atoms with Gasteiger partial charge in [0.1, 0.15) is 0 Å². The van der Waals surface area contributed by atoms with Crippen LogP contribution >= 0.6 is 34.0 Å². The molecule has 9 aromatic rings. The molecule has 0 amide bonds. The number of rotatable bonds is 10. The van der Waals surface area contributed by atoms with Crippen LogP contribution in [0.5, 0.6) is 0 Å². The fourth-order valence-corrected chi connectivity index (χ4v) is 10.7. The van der Waals surface area contributed by atoms with Gasteiger partial charge in [0.25, 0.3) is 0 Å². The fraction of sp³-hybridized carbons (Fsp3) is 0.0204. The largest absolute Gasteiger partial charge is 0.311 e. The average molecular weight is 734 g/mol. The van der Waals surface area contributed by atoms with Gasteiger partial charge in [-0.2, -0.15) is 0 Å². The Labute approximate surface area is 322 Å². The van der Waals surface area contributed by atoms with Crippen LogP contribution in [-0.4, -0.2) is 0 Å². The van der Waals surface area contributed by atoms with Crippen molar-refractivity contribution >= 4 is 94.2 Å². The second-order valence-corrected chi connectivity index (χ2v) is 16.2. The van der Waals surface area contributed by atoms with Crippen molar-refractivity contribution in [2.75, 3.05) is 4.90 Å². The zero-order valence-corrected chi connectivity index (χ0v) is 31.3. The lowest BCUT2D eigenvalue weighted by molar-refractivity contribution is 0.977. The standard InChI is InChI=1S/C49H35NS3/c1-5-13-37(14-6-1)47(38-15-7-2-8-16-38)39-27-21-35(22-28-39)25-31-43-33-45-48(51-43)49-46(53-45)34-44(52-49)32-26-36-23-29-42(30-24-36)50(40-17-9-3-10-18-40)41-19-11-4-12-20-41/h1-34,47H/b31-25+,32-26+. The highest BCUT2D eigenvalue weighted by atomic mass is 32.1. The molecule has 0 fully saturated rings. The highest BCUT2D eigenvalue weighted by Gasteiger charge is 2.17. The molecule has 3 heterocycles. The van der Waals surface area contributed by atoms with E-state index < -0.39 is 0 Å². The van der Waals surface area contributed by atoms with Gasteiger partial charge in [0, 0.05) is 42.1 Å². The molecule has 0 bridgehead atoms. The van der Waals surface area contributed by atoms with E-state index in [1.807, 2.05) is 34.0 Å². The molecule has 0 aliphatic heterocycles. The minimum Gasteiger partial charge on any atom is -0.311 e. The topological polar surface area (TPSA) is 3.24 Å². The van der Waals surface area contributed by atoms with Crippen LogP contribution in [0, 0.1) is 0 Å². The molecule has 0 aliphatic rings. The molecule has 6 aromatic carbocycles. The first kappa shape index (κ1) is 33.1. The number of benzene rings is 6. The van der Waals surface area contributed by atoms with E-state index in [4.69, 9.17) is 0 Å². The number of nitrogens with zero attached hydrogens (tertiary/aromatic N) is 1. The number of fused-ring (bicyclic) bond motifs is 3. The summed E-state index contributed by atoms with van der Waals surface area (Å²) in [4.78, 5) is 4.86. The van der Waals surface area contributed by atoms with Gasteiger partial charge in [0.2, 0.25) is 0 Å². The third-order valence-electron chi connectivity index (χ3n) is 9.46. The van der Waals surface area contributed by atoms with Gasteiger partial charge >= 0.3 is 0 Å². The number of hydrogen-bond acceptors (Lipinski definition) is 4. The zero-order chi connectivity index (χ0) is 35.4. The van der Waals surface area contributed by atoms with Gasteiger partial charge < -0.3 is 4.90 Å². The summed E-state index contributed by atoms with van der Waals surface area (Å²) in [5, 5.41) is 0. The van der Waals surface area contributed by atoms with Crippen molar-refractivity contribution in [3.8, 4) is 0 Å². The van der Waals surface area contributed by atoms with Crippen molar-refractivity contribution in [3.05, 3.63) is 220 Å². The summed E-state index contributed by atoms with van der Waals surface area (Å²) in [5.41, 5.74) is 9.73. The Morgan fingerprint density at radius 1 is 0.358 bits per heavy atom. The van der Waals surface area contributed by atoms with Gasteiger partial charge in [-0.15, -0.1) is 34.0 Å². The summed E-state index contributed by atoms with van der Waals surface area (Å²) in [5.74, 6) is 0.212. The van der Waals surface area contributed by atoms with Gasteiger partial charge in [-0.1, -0.05) is 146 Å². The molecular formula is C49H35NS3. The van der Waals surface area contributed by atoms with Crippen molar-refractivity contribution in [1.29, 1.82) is 0 Å². The van der Waals surface area contributed by atoms with Crippen LogP contribution in [0.25, 0.3) is 43.1 Å². The van der Waals surface area contributed by atoms with E-state index in [0.29, 0.717) is 0 Å². The predicted octanol–water partition coefficient (Wildman–Crippen LogP) is 15.2.